The largest absolute Gasteiger partial charge is 0.378 e. The molecule has 1 aromatic rings. The number of carbonyl (C=O) groups is 1. The molecule has 1 saturated heterocycles. The molecule has 0 unspecified atom stereocenters. The van der Waals surface area contributed by atoms with Crippen molar-refractivity contribution in [2.45, 2.75) is 13.8 Å². The van der Waals surface area contributed by atoms with E-state index in [-0.39, 0.29) is 5.91 Å². The van der Waals surface area contributed by atoms with Gasteiger partial charge in [-0.3, -0.25) is 9.78 Å². The Hall–Kier alpha value is -1.62. The molecule has 0 aliphatic carbocycles. The van der Waals surface area contributed by atoms with Crippen LogP contribution in [0.15, 0.2) is 18.5 Å². The van der Waals surface area contributed by atoms with E-state index < -0.39 is 0 Å². The Bertz CT molecular complexity index is 428. The Labute approximate surface area is 114 Å². The van der Waals surface area contributed by atoms with Crippen molar-refractivity contribution >= 4 is 11.6 Å². The summed E-state index contributed by atoms with van der Waals surface area (Å²) in [5.74, 6) is 0.385. The average Bonchev–Trinajstić information content (AvgIpc) is 2.46. The van der Waals surface area contributed by atoms with Crippen molar-refractivity contribution in [1.82, 2.24) is 10.3 Å². The predicted octanol–water partition coefficient (Wildman–Crippen LogP) is 1.30. The fourth-order valence-corrected chi connectivity index (χ4v) is 1.95. The molecule has 0 bridgehead atoms. The van der Waals surface area contributed by atoms with Crippen molar-refractivity contribution in [2.24, 2.45) is 5.92 Å². The molecular weight excluding hydrogens is 242 g/mol. The number of aromatic nitrogens is 1. The van der Waals surface area contributed by atoms with Gasteiger partial charge in [0, 0.05) is 25.8 Å². The van der Waals surface area contributed by atoms with Crippen molar-refractivity contribution in [3.63, 3.8) is 0 Å². The number of anilines is 1. The molecule has 5 heteroatoms. The first-order valence-electron chi connectivity index (χ1n) is 6.73. The molecule has 1 aromatic heterocycles. The number of nitrogens with one attached hydrogen (secondary N) is 1. The molecule has 1 fully saturated rings. The first kappa shape index (κ1) is 13.8. The van der Waals surface area contributed by atoms with Crippen LogP contribution in [-0.4, -0.2) is 43.7 Å². The SMILES string of the molecule is CC(C)CNC(=O)c1cncc(N2CCOCC2)c1. The number of morpholine rings is 1. The van der Waals surface area contributed by atoms with Gasteiger partial charge in [-0.15, -0.1) is 0 Å². The fraction of sp³-hybridized carbons (Fsp3) is 0.571. The maximum absolute atomic E-state index is 12.0. The molecule has 1 amide bonds. The second kappa shape index (κ2) is 6.52. The zero-order valence-electron chi connectivity index (χ0n) is 11.6. The Kier molecular flexibility index (Phi) is 4.74. The lowest BCUT2D eigenvalue weighted by atomic mass is 10.2. The van der Waals surface area contributed by atoms with Crippen LogP contribution in [0, 0.1) is 5.92 Å². The van der Waals surface area contributed by atoms with Crippen molar-refractivity contribution in [2.75, 3.05) is 37.7 Å². The molecular formula is C14H21N3O2. The summed E-state index contributed by atoms with van der Waals surface area (Å²) >= 11 is 0. The highest BCUT2D eigenvalue weighted by Gasteiger charge is 2.14. The molecule has 1 aliphatic heterocycles. The molecule has 0 spiro atoms. The van der Waals surface area contributed by atoms with E-state index in [0.29, 0.717) is 18.0 Å². The van der Waals surface area contributed by atoms with Crippen LogP contribution in [-0.2, 0) is 4.74 Å². The molecule has 0 aromatic carbocycles. The first-order chi connectivity index (χ1) is 9.16. The highest BCUT2D eigenvalue weighted by atomic mass is 16.5. The van der Waals surface area contributed by atoms with E-state index in [9.17, 15) is 4.79 Å². The van der Waals surface area contributed by atoms with Crippen molar-refractivity contribution in [3.8, 4) is 0 Å². The van der Waals surface area contributed by atoms with Crippen LogP contribution in [0.25, 0.3) is 0 Å². The Morgan fingerprint density at radius 1 is 1.42 bits per heavy atom. The summed E-state index contributed by atoms with van der Waals surface area (Å²) in [6.07, 6.45) is 3.41. The number of amides is 1. The number of nitrogens with zero attached hydrogens (tertiary/aromatic N) is 2. The molecule has 104 valence electrons. The van der Waals surface area contributed by atoms with Crippen molar-refractivity contribution in [3.05, 3.63) is 24.0 Å². The number of rotatable bonds is 4. The standard InChI is InChI=1S/C14H21N3O2/c1-11(2)8-16-14(18)12-7-13(10-15-9-12)17-3-5-19-6-4-17/h7,9-11H,3-6,8H2,1-2H3,(H,16,18). The molecule has 0 radical (unpaired) electrons. The molecule has 5 nitrogen and oxygen atoms in total. The highest BCUT2D eigenvalue weighted by Crippen LogP contribution is 2.16. The summed E-state index contributed by atoms with van der Waals surface area (Å²) in [5, 5.41) is 2.91. The van der Waals surface area contributed by atoms with E-state index in [2.05, 4.69) is 29.0 Å². The smallest absolute Gasteiger partial charge is 0.252 e. The summed E-state index contributed by atoms with van der Waals surface area (Å²) in [7, 11) is 0. The molecule has 0 saturated carbocycles. The molecule has 0 atom stereocenters. The zero-order chi connectivity index (χ0) is 13.7. The Balaban J connectivity index is 2.03. The van der Waals surface area contributed by atoms with E-state index in [1.165, 1.54) is 0 Å². The third-order valence-corrected chi connectivity index (χ3v) is 3.03. The lowest BCUT2D eigenvalue weighted by Crippen LogP contribution is -2.36. The summed E-state index contributed by atoms with van der Waals surface area (Å²) in [4.78, 5) is 18.3. The number of hydrogen-bond acceptors (Lipinski definition) is 4. The molecule has 1 N–H and O–H groups in total. The monoisotopic (exact) mass is 263 g/mol. The van der Waals surface area contributed by atoms with Crippen LogP contribution in [0.1, 0.15) is 24.2 Å². The maximum Gasteiger partial charge on any atom is 0.252 e. The normalized spacial score (nSPS) is 15.6. The van der Waals surface area contributed by atoms with E-state index >= 15 is 0 Å². The van der Waals surface area contributed by atoms with Gasteiger partial charge in [-0.1, -0.05) is 13.8 Å². The molecule has 2 rings (SSSR count). The van der Waals surface area contributed by atoms with Crippen LogP contribution >= 0.6 is 0 Å². The summed E-state index contributed by atoms with van der Waals surface area (Å²) in [5.41, 5.74) is 1.60. The van der Waals surface area contributed by atoms with Crippen LogP contribution in [0.2, 0.25) is 0 Å². The Morgan fingerprint density at radius 2 is 2.16 bits per heavy atom. The lowest BCUT2D eigenvalue weighted by Gasteiger charge is -2.28. The third kappa shape index (κ3) is 3.92. The number of hydrogen-bond donors (Lipinski definition) is 1. The second-order valence-corrected chi connectivity index (χ2v) is 5.14. The van der Waals surface area contributed by atoms with Crippen LogP contribution in [0.3, 0.4) is 0 Å². The van der Waals surface area contributed by atoms with Crippen LogP contribution in [0.4, 0.5) is 5.69 Å². The molecule has 2 heterocycles. The van der Waals surface area contributed by atoms with Gasteiger partial charge >= 0.3 is 0 Å². The number of carbonyl (C=O) groups excluding carboxylic acids is 1. The van der Waals surface area contributed by atoms with Crippen LogP contribution < -0.4 is 10.2 Å². The summed E-state index contributed by atoms with van der Waals surface area (Å²) < 4.78 is 5.32. The van der Waals surface area contributed by atoms with Gasteiger partial charge in [0.2, 0.25) is 0 Å². The predicted molar refractivity (Wildman–Crippen MR) is 74.4 cm³/mol. The van der Waals surface area contributed by atoms with Crippen LogP contribution in [0.5, 0.6) is 0 Å². The minimum atomic E-state index is -0.0590. The minimum Gasteiger partial charge on any atom is -0.378 e. The topological polar surface area (TPSA) is 54.5 Å². The number of ether oxygens (including phenoxy) is 1. The van der Waals surface area contributed by atoms with Gasteiger partial charge in [0.25, 0.3) is 5.91 Å². The molecule has 1 aliphatic rings. The van der Waals surface area contributed by atoms with E-state index in [1.807, 2.05) is 6.07 Å². The van der Waals surface area contributed by atoms with E-state index in [0.717, 1.165) is 32.0 Å². The fourth-order valence-electron chi connectivity index (χ4n) is 1.95. The summed E-state index contributed by atoms with van der Waals surface area (Å²) in [6, 6.07) is 1.90. The van der Waals surface area contributed by atoms with E-state index in [1.54, 1.807) is 12.4 Å². The van der Waals surface area contributed by atoms with Gasteiger partial charge in [0.15, 0.2) is 0 Å². The molecule has 19 heavy (non-hydrogen) atoms. The van der Waals surface area contributed by atoms with Gasteiger partial charge in [0.05, 0.1) is 30.7 Å². The lowest BCUT2D eigenvalue weighted by molar-refractivity contribution is 0.0948. The third-order valence-electron chi connectivity index (χ3n) is 3.03. The summed E-state index contributed by atoms with van der Waals surface area (Å²) in [6.45, 7) is 7.97. The maximum atomic E-state index is 12.0. The average molecular weight is 263 g/mol. The van der Waals surface area contributed by atoms with E-state index in [4.69, 9.17) is 4.74 Å². The number of pyridine rings is 1. The second-order valence-electron chi connectivity index (χ2n) is 5.14. The van der Waals surface area contributed by atoms with Gasteiger partial charge in [-0.2, -0.15) is 0 Å². The quantitative estimate of drug-likeness (QED) is 0.889. The first-order valence-corrected chi connectivity index (χ1v) is 6.73. The minimum absolute atomic E-state index is 0.0590. The van der Waals surface area contributed by atoms with Gasteiger partial charge in [0.1, 0.15) is 0 Å². The van der Waals surface area contributed by atoms with Gasteiger partial charge in [-0.05, 0) is 12.0 Å². The zero-order valence-corrected chi connectivity index (χ0v) is 11.6. The highest BCUT2D eigenvalue weighted by molar-refractivity contribution is 5.94. The Morgan fingerprint density at radius 3 is 2.84 bits per heavy atom. The van der Waals surface area contributed by atoms with Crippen molar-refractivity contribution < 1.29 is 9.53 Å². The van der Waals surface area contributed by atoms with Gasteiger partial charge < -0.3 is 15.0 Å². The van der Waals surface area contributed by atoms with Crippen molar-refractivity contribution in [1.29, 1.82) is 0 Å². The van der Waals surface area contributed by atoms with Gasteiger partial charge in [-0.25, -0.2) is 0 Å².